The van der Waals surface area contributed by atoms with Crippen molar-refractivity contribution in [3.63, 3.8) is 0 Å². The lowest BCUT2D eigenvalue weighted by atomic mass is 10.1. The second-order valence-electron chi connectivity index (χ2n) is 4.12. The molecule has 0 aliphatic carbocycles. The minimum Gasteiger partial charge on any atom is -0.480 e. The molecular formula is C11H16NO7P. The van der Waals surface area contributed by atoms with E-state index in [9.17, 15) is 19.4 Å². The van der Waals surface area contributed by atoms with Crippen LogP contribution in [0.2, 0.25) is 0 Å². The van der Waals surface area contributed by atoms with Crippen molar-refractivity contribution in [2.45, 2.75) is 19.8 Å². The van der Waals surface area contributed by atoms with Crippen molar-refractivity contribution in [3.05, 3.63) is 29.3 Å². The molecule has 1 rings (SSSR count). The lowest BCUT2D eigenvalue weighted by Gasteiger charge is -2.17. The van der Waals surface area contributed by atoms with Gasteiger partial charge in [-0.15, -0.1) is 0 Å². The molecule has 0 fully saturated rings. The first-order valence-corrected chi connectivity index (χ1v) is 7.26. The second-order valence-corrected chi connectivity index (χ2v) is 5.88. The lowest BCUT2D eigenvalue weighted by Crippen LogP contribution is -2.34. The zero-order valence-corrected chi connectivity index (χ0v) is 11.8. The Balaban J connectivity index is 2.59. The van der Waals surface area contributed by atoms with Crippen LogP contribution >= 0.6 is 7.60 Å². The van der Waals surface area contributed by atoms with E-state index in [2.05, 4.69) is 9.56 Å². The number of carboxylic acid groups (broad SMARTS) is 1. The third kappa shape index (κ3) is 4.92. The van der Waals surface area contributed by atoms with Crippen LogP contribution in [-0.2, 0) is 14.0 Å². The molecular weight excluding hydrogens is 289 g/mol. The topological polar surface area (TPSA) is 125 Å². The summed E-state index contributed by atoms with van der Waals surface area (Å²) in [4.78, 5) is 24.3. The summed E-state index contributed by atoms with van der Waals surface area (Å²) in [5.74, 6) is -3.17. The molecule has 0 saturated carbocycles. The third-order valence-electron chi connectivity index (χ3n) is 2.46. The molecule has 2 atom stereocenters. The highest BCUT2D eigenvalue weighted by molar-refractivity contribution is 7.53. The molecule has 0 heterocycles. The zero-order valence-electron chi connectivity index (χ0n) is 10.9. The van der Waals surface area contributed by atoms with Crippen molar-refractivity contribution in [1.29, 1.82) is 0 Å². The number of hydrogen-bond donors (Lipinski definition) is 4. The summed E-state index contributed by atoms with van der Waals surface area (Å²) in [7, 11) is -4.57. The van der Waals surface area contributed by atoms with Gasteiger partial charge in [-0.2, -0.15) is 0 Å². The average Bonchev–Trinajstić information content (AvgIpc) is 2.37. The Bertz CT molecular complexity index is 534. The molecule has 2 unspecified atom stereocenters. The number of hydrogen-bond acceptors (Lipinski definition) is 6. The SMILES string of the molecule is Cc1ccc(OOP(=O)(O)C(O)NCC(=O)O)cc1C. The van der Waals surface area contributed by atoms with Crippen LogP contribution in [0.25, 0.3) is 0 Å². The Morgan fingerprint density at radius 3 is 2.60 bits per heavy atom. The molecule has 112 valence electrons. The van der Waals surface area contributed by atoms with E-state index in [0.717, 1.165) is 11.1 Å². The van der Waals surface area contributed by atoms with Crippen LogP contribution in [0.1, 0.15) is 11.1 Å². The largest absolute Gasteiger partial charge is 0.480 e. The number of carbonyl (C=O) groups is 1. The summed E-state index contributed by atoms with van der Waals surface area (Å²) in [6.07, 6.45) is 0. The number of benzene rings is 1. The lowest BCUT2D eigenvalue weighted by molar-refractivity contribution is -0.136. The maximum absolute atomic E-state index is 11.6. The molecule has 0 spiro atoms. The monoisotopic (exact) mass is 305 g/mol. The smallest absolute Gasteiger partial charge is 0.408 e. The van der Waals surface area contributed by atoms with Crippen LogP contribution < -0.4 is 10.2 Å². The average molecular weight is 305 g/mol. The fourth-order valence-corrected chi connectivity index (χ4v) is 1.79. The maximum atomic E-state index is 11.6. The standard InChI is InChI=1S/C11H16NO7P/c1-7-3-4-9(5-8(7)2)18-19-20(16,17)11(15)12-6-10(13)14/h3-5,11-12,15H,6H2,1-2H3,(H,13,14)(H,16,17). The number of aryl methyl sites for hydroxylation is 2. The number of aliphatic hydroxyl groups is 1. The van der Waals surface area contributed by atoms with Gasteiger partial charge in [0.05, 0.1) is 6.54 Å². The Hall–Kier alpha value is -1.44. The van der Waals surface area contributed by atoms with Crippen molar-refractivity contribution < 1.29 is 34.0 Å². The Kier molecular flexibility index (Phi) is 5.67. The van der Waals surface area contributed by atoms with Gasteiger partial charge < -0.3 is 20.0 Å². The van der Waals surface area contributed by atoms with Gasteiger partial charge in [0.1, 0.15) is 0 Å². The van der Waals surface area contributed by atoms with Crippen molar-refractivity contribution in [2.75, 3.05) is 6.54 Å². The van der Waals surface area contributed by atoms with Gasteiger partial charge >= 0.3 is 13.6 Å². The first kappa shape index (κ1) is 16.6. The molecule has 4 N–H and O–H groups in total. The van der Waals surface area contributed by atoms with E-state index >= 15 is 0 Å². The Morgan fingerprint density at radius 1 is 1.40 bits per heavy atom. The fraction of sp³-hybridized carbons (Fsp3) is 0.364. The van der Waals surface area contributed by atoms with Gasteiger partial charge in [0.15, 0.2) is 5.75 Å². The summed E-state index contributed by atoms with van der Waals surface area (Å²) < 4.78 is 15.9. The van der Waals surface area contributed by atoms with Crippen LogP contribution in [0.15, 0.2) is 18.2 Å². The van der Waals surface area contributed by atoms with Crippen LogP contribution in [0.3, 0.4) is 0 Å². The summed E-state index contributed by atoms with van der Waals surface area (Å²) >= 11 is 0. The van der Waals surface area contributed by atoms with Gasteiger partial charge in [-0.25, -0.2) is 0 Å². The summed E-state index contributed by atoms with van der Waals surface area (Å²) in [5.41, 5.74) is 1.90. The van der Waals surface area contributed by atoms with Crippen LogP contribution in [0, 0.1) is 13.8 Å². The number of nitrogens with one attached hydrogen (secondary N) is 1. The van der Waals surface area contributed by atoms with Gasteiger partial charge in [0.2, 0.25) is 5.97 Å². The van der Waals surface area contributed by atoms with Gasteiger partial charge in [0.25, 0.3) is 0 Å². The number of carboxylic acids is 1. The molecule has 0 bridgehead atoms. The van der Waals surface area contributed by atoms with E-state index in [0.29, 0.717) is 0 Å². The van der Waals surface area contributed by atoms with Crippen LogP contribution in [0.5, 0.6) is 5.75 Å². The molecule has 1 aromatic carbocycles. The van der Waals surface area contributed by atoms with Crippen molar-refractivity contribution in [1.82, 2.24) is 5.32 Å². The van der Waals surface area contributed by atoms with Crippen molar-refractivity contribution in [2.24, 2.45) is 0 Å². The quantitative estimate of drug-likeness (QED) is 0.252. The molecule has 9 heteroatoms. The van der Waals surface area contributed by atoms with Gasteiger partial charge in [-0.1, -0.05) is 10.7 Å². The van der Waals surface area contributed by atoms with Crippen molar-refractivity contribution in [3.8, 4) is 5.75 Å². The van der Waals surface area contributed by atoms with E-state index < -0.39 is 26.1 Å². The van der Waals surface area contributed by atoms with Gasteiger partial charge in [-0.05, 0) is 37.1 Å². The predicted molar refractivity (Wildman–Crippen MR) is 69.1 cm³/mol. The first-order valence-electron chi connectivity index (χ1n) is 5.61. The van der Waals surface area contributed by atoms with Crippen LogP contribution in [-0.4, -0.2) is 33.6 Å². The maximum Gasteiger partial charge on any atom is 0.408 e. The third-order valence-corrected chi connectivity index (χ3v) is 3.55. The molecule has 0 aliphatic heterocycles. The normalized spacial score (nSPS) is 15.4. The van der Waals surface area contributed by atoms with E-state index in [1.165, 1.54) is 6.07 Å². The molecule has 0 radical (unpaired) electrons. The molecule has 1 aromatic rings. The second kappa shape index (κ2) is 6.83. The molecule has 0 aromatic heterocycles. The van der Waals surface area contributed by atoms with E-state index in [1.54, 1.807) is 12.1 Å². The molecule has 0 aliphatic rings. The fourth-order valence-electron chi connectivity index (χ4n) is 1.20. The van der Waals surface area contributed by atoms with Crippen LogP contribution in [0.4, 0.5) is 0 Å². The summed E-state index contributed by atoms with van der Waals surface area (Å²) in [6, 6.07) is 4.85. The molecule has 8 nitrogen and oxygen atoms in total. The number of aliphatic hydroxyl groups excluding tert-OH is 1. The summed E-state index contributed by atoms with van der Waals surface area (Å²) in [5, 5.41) is 19.6. The van der Waals surface area contributed by atoms with Crippen molar-refractivity contribution >= 4 is 13.6 Å². The predicted octanol–water partition coefficient (Wildman–Crippen LogP) is 0.749. The number of rotatable bonds is 7. The molecule has 20 heavy (non-hydrogen) atoms. The van der Waals surface area contributed by atoms with E-state index in [1.807, 2.05) is 19.2 Å². The summed E-state index contributed by atoms with van der Waals surface area (Å²) in [6.45, 7) is 3.01. The Morgan fingerprint density at radius 2 is 2.05 bits per heavy atom. The molecule has 0 saturated heterocycles. The highest BCUT2D eigenvalue weighted by atomic mass is 31.2. The minimum absolute atomic E-state index is 0.188. The van der Waals surface area contributed by atoms with Gasteiger partial charge in [-0.3, -0.25) is 14.7 Å². The Labute approximate surface area is 115 Å². The van der Waals surface area contributed by atoms with E-state index in [4.69, 9.17) is 5.11 Å². The number of aliphatic carboxylic acids is 1. The highest BCUT2D eigenvalue weighted by Gasteiger charge is 2.33. The van der Waals surface area contributed by atoms with Gasteiger partial charge in [0, 0.05) is 0 Å². The minimum atomic E-state index is -4.57. The van der Waals surface area contributed by atoms with E-state index in [-0.39, 0.29) is 5.75 Å². The highest BCUT2D eigenvalue weighted by Crippen LogP contribution is 2.45. The first-order chi connectivity index (χ1) is 9.22. The molecule has 0 amide bonds. The zero-order chi connectivity index (χ0) is 15.3.